The van der Waals surface area contributed by atoms with E-state index >= 15 is 0 Å². The summed E-state index contributed by atoms with van der Waals surface area (Å²) < 4.78 is 15.0. The fraction of sp³-hybridized carbons (Fsp3) is 0.667. The van der Waals surface area contributed by atoms with E-state index in [0.717, 1.165) is 0 Å². The van der Waals surface area contributed by atoms with E-state index in [2.05, 4.69) is 21.1 Å². The molecule has 3 amide bonds. The van der Waals surface area contributed by atoms with Crippen LogP contribution in [0.15, 0.2) is 10.6 Å². The average molecular weight is 469 g/mol. The summed E-state index contributed by atoms with van der Waals surface area (Å²) in [6.45, 7) is 6.43. The van der Waals surface area contributed by atoms with Crippen LogP contribution in [0.2, 0.25) is 0 Å². The Morgan fingerprint density at radius 2 is 1.76 bits per heavy atom. The number of carbonyl (C=O) groups is 4. The number of hydrogen-bond donors (Lipinski definition) is 4. The quantitative estimate of drug-likeness (QED) is 0.267. The lowest BCUT2D eigenvalue weighted by atomic mass is 9.93. The summed E-state index contributed by atoms with van der Waals surface area (Å²) in [5.74, 6) is -1.91. The molecule has 1 fully saturated rings. The number of epoxide rings is 1. The molecule has 0 spiro atoms. The van der Waals surface area contributed by atoms with E-state index in [1.807, 2.05) is 13.8 Å². The van der Waals surface area contributed by atoms with Crippen molar-refractivity contribution in [3.8, 4) is 0 Å². The number of amides is 3. The van der Waals surface area contributed by atoms with E-state index in [0.29, 0.717) is 12.2 Å². The molecule has 4 atom stereocenters. The average Bonchev–Trinajstić information content (AvgIpc) is 3.35. The number of aromatic nitrogens is 1. The van der Waals surface area contributed by atoms with Gasteiger partial charge in [0, 0.05) is 13.2 Å². The van der Waals surface area contributed by atoms with Gasteiger partial charge in [0.25, 0.3) is 5.91 Å². The predicted molar refractivity (Wildman–Crippen MR) is 114 cm³/mol. The molecule has 4 N–H and O–H groups in total. The molecular weight excluding hydrogens is 436 g/mol. The van der Waals surface area contributed by atoms with Gasteiger partial charge >= 0.3 is 0 Å². The van der Waals surface area contributed by atoms with Crippen molar-refractivity contribution in [2.45, 2.75) is 57.8 Å². The maximum Gasteiger partial charge on any atom is 0.274 e. The maximum atomic E-state index is 12.8. The van der Waals surface area contributed by atoms with Crippen molar-refractivity contribution in [3.63, 3.8) is 0 Å². The molecule has 2 rings (SSSR count). The van der Waals surface area contributed by atoms with Crippen LogP contribution in [-0.4, -0.2) is 84.4 Å². The van der Waals surface area contributed by atoms with Crippen LogP contribution in [0.4, 0.5) is 0 Å². The van der Waals surface area contributed by atoms with E-state index in [1.165, 1.54) is 13.2 Å². The Morgan fingerprint density at radius 3 is 2.24 bits per heavy atom. The van der Waals surface area contributed by atoms with Gasteiger partial charge in [-0.1, -0.05) is 19.0 Å². The fourth-order valence-electron chi connectivity index (χ4n) is 3.12. The Bertz CT molecular complexity index is 864. The van der Waals surface area contributed by atoms with Crippen LogP contribution in [0, 0.1) is 12.8 Å². The van der Waals surface area contributed by atoms with Crippen molar-refractivity contribution in [2.24, 2.45) is 5.92 Å². The highest BCUT2D eigenvalue weighted by molar-refractivity contribution is 5.99. The summed E-state index contributed by atoms with van der Waals surface area (Å²) in [4.78, 5) is 50.5. The molecule has 33 heavy (non-hydrogen) atoms. The van der Waals surface area contributed by atoms with Gasteiger partial charge in [-0.05, 0) is 26.2 Å². The zero-order chi connectivity index (χ0) is 24.8. The van der Waals surface area contributed by atoms with Gasteiger partial charge in [0.2, 0.25) is 11.8 Å². The number of aryl methyl sites for hydroxylation is 1. The van der Waals surface area contributed by atoms with Crippen molar-refractivity contribution >= 4 is 23.5 Å². The van der Waals surface area contributed by atoms with Crippen LogP contribution in [0.5, 0.6) is 0 Å². The molecule has 12 heteroatoms. The van der Waals surface area contributed by atoms with Crippen molar-refractivity contribution in [2.75, 3.05) is 26.9 Å². The Morgan fingerprint density at radius 1 is 1.15 bits per heavy atom. The molecule has 1 aliphatic heterocycles. The van der Waals surface area contributed by atoms with Crippen LogP contribution >= 0.6 is 0 Å². The first-order valence-corrected chi connectivity index (χ1v) is 10.6. The second kappa shape index (κ2) is 11.3. The van der Waals surface area contributed by atoms with Crippen LogP contribution in [0.3, 0.4) is 0 Å². The van der Waals surface area contributed by atoms with E-state index in [1.54, 1.807) is 13.8 Å². The second-order valence-corrected chi connectivity index (χ2v) is 8.62. The predicted octanol–water partition coefficient (Wildman–Crippen LogP) is -0.906. The Balaban J connectivity index is 2.04. The third-order valence-corrected chi connectivity index (χ3v) is 5.07. The minimum atomic E-state index is -1.35. The highest BCUT2D eigenvalue weighted by atomic mass is 16.6. The molecular formula is C21H32N4O8. The third-order valence-electron chi connectivity index (χ3n) is 5.07. The number of aliphatic hydroxyl groups excluding tert-OH is 1. The molecule has 0 aromatic carbocycles. The standard InChI is InChI=1S/C21H32N4O8/c1-11(2)6-13(17(27)21(4)10-32-21)22-19(29)15(8-26)23-20(30)16(9-31-5)24-18(28)14-7-12(3)33-25-14/h7,11,13,15-16,26H,6,8-10H2,1-5H3,(H,22,29)(H,23,30)(H,24,28)/t13?,15-,16-,21+/m0/s1. The second-order valence-electron chi connectivity index (χ2n) is 8.62. The van der Waals surface area contributed by atoms with Crippen LogP contribution < -0.4 is 16.0 Å². The van der Waals surface area contributed by atoms with Gasteiger partial charge in [-0.3, -0.25) is 19.2 Å². The zero-order valence-electron chi connectivity index (χ0n) is 19.5. The number of nitrogens with one attached hydrogen (secondary N) is 3. The molecule has 0 saturated carbocycles. The number of ketones is 1. The van der Waals surface area contributed by atoms with Crippen molar-refractivity contribution in [1.82, 2.24) is 21.1 Å². The normalized spacial score (nSPS) is 20.0. The summed E-state index contributed by atoms with van der Waals surface area (Å²) in [6.07, 6.45) is 0.370. The minimum absolute atomic E-state index is 0.0244. The first kappa shape index (κ1) is 26.4. The van der Waals surface area contributed by atoms with Gasteiger partial charge in [0.05, 0.1) is 25.9 Å². The number of hydrogen-bond acceptors (Lipinski definition) is 9. The lowest BCUT2D eigenvalue weighted by Gasteiger charge is -2.25. The molecule has 0 bridgehead atoms. The lowest BCUT2D eigenvalue weighted by molar-refractivity contribution is -0.134. The first-order valence-electron chi connectivity index (χ1n) is 10.6. The van der Waals surface area contributed by atoms with Crippen LogP contribution in [0.25, 0.3) is 0 Å². The largest absolute Gasteiger partial charge is 0.394 e. The summed E-state index contributed by atoms with van der Waals surface area (Å²) in [5.41, 5.74) is -0.957. The van der Waals surface area contributed by atoms with Gasteiger partial charge in [-0.25, -0.2) is 0 Å². The van der Waals surface area contributed by atoms with Gasteiger partial charge in [-0.15, -0.1) is 0 Å². The van der Waals surface area contributed by atoms with Gasteiger partial charge in [0.15, 0.2) is 11.5 Å². The van der Waals surface area contributed by atoms with Crippen molar-refractivity contribution in [1.29, 1.82) is 0 Å². The highest BCUT2D eigenvalue weighted by Gasteiger charge is 2.50. The molecule has 1 aliphatic rings. The minimum Gasteiger partial charge on any atom is -0.394 e. The summed E-state index contributed by atoms with van der Waals surface area (Å²) in [5, 5.41) is 20.7. The number of ether oxygens (including phenoxy) is 2. The van der Waals surface area contributed by atoms with E-state index < -0.39 is 48.1 Å². The molecule has 0 radical (unpaired) electrons. The number of carbonyl (C=O) groups excluding carboxylic acids is 4. The summed E-state index contributed by atoms with van der Waals surface area (Å²) >= 11 is 0. The van der Waals surface area contributed by atoms with Gasteiger partial charge in [0.1, 0.15) is 23.4 Å². The molecule has 1 aromatic rings. The molecule has 1 saturated heterocycles. The third kappa shape index (κ3) is 7.34. The van der Waals surface area contributed by atoms with Crippen molar-refractivity contribution in [3.05, 3.63) is 17.5 Å². The van der Waals surface area contributed by atoms with Crippen LogP contribution in [-0.2, 0) is 23.9 Å². The van der Waals surface area contributed by atoms with E-state index in [9.17, 15) is 24.3 Å². The topological polar surface area (TPSA) is 172 Å². The van der Waals surface area contributed by atoms with Crippen molar-refractivity contribution < 1.29 is 38.3 Å². The lowest BCUT2D eigenvalue weighted by Crippen LogP contribution is -2.58. The molecule has 1 unspecified atom stereocenters. The smallest absolute Gasteiger partial charge is 0.274 e. The Labute approximate surface area is 191 Å². The molecule has 184 valence electrons. The number of rotatable bonds is 13. The number of aliphatic hydroxyl groups is 1. The van der Waals surface area contributed by atoms with E-state index in [-0.39, 0.29) is 30.6 Å². The Hall–Kier alpha value is -2.83. The first-order chi connectivity index (χ1) is 15.5. The summed E-state index contributed by atoms with van der Waals surface area (Å²) in [6, 6.07) is -1.95. The van der Waals surface area contributed by atoms with E-state index in [4.69, 9.17) is 14.0 Å². The number of methoxy groups -OCH3 is 1. The molecule has 0 aliphatic carbocycles. The molecule has 12 nitrogen and oxygen atoms in total. The molecule has 2 heterocycles. The van der Waals surface area contributed by atoms with Gasteiger partial charge in [-0.2, -0.15) is 0 Å². The maximum absolute atomic E-state index is 12.8. The van der Waals surface area contributed by atoms with Gasteiger partial charge < -0.3 is 35.1 Å². The van der Waals surface area contributed by atoms with Crippen LogP contribution in [0.1, 0.15) is 43.4 Å². The molecule has 1 aromatic heterocycles. The monoisotopic (exact) mass is 468 g/mol. The summed E-state index contributed by atoms with van der Waals surface area (Å²) in [7, 11) is 1.34. The number of nitrogens with zero attached hydrogens (tertiary/aromatic N) is 1. The number of Topliss-reactive ketones (excluding diaryl/α,β-unsaturated/α-hetero) is 1. The SMILES string of the molecule is COC[C@H](NC(=O)c1cc(C)on1)C(=O)N[C@@H](CO)C(=O)NC(CC(C)C)C(=O)[C@@]1(C)CO1. The highest BCUT2D eigenvalue weighted by Crippen LogP contribution is 2.29. The Kier molecular flexibility index (Phi) is 9.08. The fourth-order valence-corrected chi connectivity index (χ4v) is 3.12. The zero-order valence-corrected chi connectivity index (χ0v) is 19.5.